The van der Waals surface area contributed by atoms with Gasteiger partial charge in [0.2, 0.25) is 0 Å². The van der Waals surface area contributed by atoms with Crippen LogP contribution in [0.2, 0.25) is 0 Å². The maximum Gasteiger partial charge on any atom is 0.157 e. The van der Waals surface area contributed by atoms with Crippen LogP contribution >= 0.6 is 0 Å². The summed E-state index contributed by atoms with van der Waals surface area (Å²) in [6.45, 7) is 0. The Kier molecular flexibility index (Phi) is 3.96. The van der Waals surface area contributed by atoms with E-state index in [0.717, 1.165) is 60.8 Å². The van der Waals surface area contributed by atoms with Crippen LogP contribution in [0.5, 0.6) is 23.0 Å². The molecule has 0 heterocycles. The van der Waals surface area contributed by atoms with Gasteiger partial charge < -0.3 is 25.7 Å². The van der Waals surface area contributed by atoms with Crippen LogP contribution in [-0.2, 0) is 25.7 Å². The number of phenols is 4. The second-order valence-electron chi connectivity index (χ2n) is 7.27. The highest BCUT2D eigenvalue weighted by Crippen LogP contribution is 2.34. The predicted octanol–water partition coefficient (Wildman–Crippen LogP) is 2.51. The molecule has 0 radical (unpaired) electrons. The van der Waals surface area contributed by atoms with Crippen molar-refractivity contribution in [2.24, 2.45) is 0 Å². The van der Waals surface area contributed by atoms with E-state index in [1.165, 1.54) is 0 Å². The van der Waals surface area contributed by atoms with Crippen LogP contribution in [0.4, 0.5) is 0 Å². The summed E-state index contributed by atoms with van der Waals surface area (Å²) in [5, 5.41) is 42.4. The molecular weight excluding hydrogens is 318 g/mol. The average Bonchev–Trinajstić information content (AvgIpc) is 2.57. The molecule has 25 heavy (non-hydrogen) atoms. The number of hydrogen-bond acceptors (Lipinski definition) is 5. The molecule has 4 rings (SSSR count). The molecule has 0 saturated heterocycles. The molecule has 0 saturated carbocycles. The summed E-state index contributed by atoms with van der Waals surface area (Å²) in [7, 11) is 0. The normalized spacial score (nSPS) is 22.2. The van der Waals surface area contributed by atoms with Gasteiger partial charge in [-0.3, -0.25) is 0 Å². The van der Waals surface area contributed by atoms with Crippen molar-refractivity contribution in [1.82, 2.24) is 5.32 Å². The first-order valence-electron chi connectivity index (χ1n) is 8.83. The molecule has 5 heteroatoms. The van der Waals surface area contributed by atoms with Gasteiger partial charge in [0.25, 0.3) is 0 Å². The highest BCUT2D eigenvalue weighted by Gasteiger charge is 2.26. The van der Waals surface area contributed by atoms with Crippen molar-refractivity contribution in [3.05, 3.63) is 46.5 Å². The van der Waals surface area contributed by atoms with Crippen LogP contribution in [0.3, 0.4) is 0 Å². The third-order valence-electron chi connectivity index (χ3n) is 5.52. The molecule has 5 N–H and O–H groups in total. The third-order valence-corrected chi connectivity index (χ3v) is 5.52. The Hall–Kier alpha value is -2.40. The van der Waals surface area contributed by atoms with E-state index in [2.05, 4.69) is 5.32 Å². The molecule has 132 valence electrons. The Morgan fingerprint density at radius 1 is 0.600 bits per heavy atom. The summed E-state index contributed by atoms with van der Waals surface area (Å²) in [6.07, 6.45) is 5.46. The van der Waals surface area contributed by atoms with Crippen molar-refractivity contribution in [2.75, 3.05) is 0 Å². The number of nitrogens with one attached hydrogen (secondary N) is 1. The van der Waals surface area contributed by atoms with E-state index in [-0.39, 0.29) is 23.0 Å². The standard InChI is InChI=1S/C20H23NO4/c22-17-7-11-1-3-15(5-13(11)9-19(17)24)21-16-4-2-12-8-18(23)20(25)10-14(12)6-16/h7-10,15-16,21-25H,1-6H2/t15-,16+. The minimum absolute atomic E-state index is 0.0443. The number of fused-ring (bicyclic) bond motifs is 2. The van der Waals surface area contributed by atoms with E-state index in [9.17, 15) is 20.4 Å². The first kappa shape index (κ1) is 16.1. The van der Waals surface area contributed by atoms with Crippen molar-refractivity contribution in [3.63, 3.8) is 0 Å². The number of phenolic OH excluding ortho intramolecular Hbond substituents is 4. The fraction of sp³-hybridized carbons (Fsp3) is 0.400. The van der Waals surface area contributed by atoms with Gasteiger partial charge in [-0.2, -0.15) is 0 Å². The van der Waals surface area contributed by atoms with Gasteiger partial charge in [-0.1, -0.05) is 0 Å². The molecule has 2 atom stereocenters. The van der Waals surface area contributed by atoms with Gasteiger partial charge in [-0.25, -0.2) is 0 Å². The average molecular weight is 341 g/mol. The maximum absolute atomic E-state index is 9.73. The van der Waals surface area contributed by atoms with Crippen molar-refractivity contribution >= 4 is 0 Å². The zero-order valence-corrected chi connectivity index (χ0v) is 14.0. The van der Waals surface area contributed by atoms with E-state index in [0.29, 0.717) is 12.1 Å². The van der Waals surface area contributed by atoms with Crippen molar-refractivity contribution in [2.45, 2.75) is 50.6 Å². The van der Waals surface area contributed by atoms with E-state index in [4.69, 9.17) is 0 Å². The zero-order valence-electron chi connectivity index (χ0n) is 14.0. The molecule has 0 aromatic heterocycles. The topological polar surface area (TPSA) is 93.0 Å². The van der Waals surface area contributed by atoms with Crippen molar-refractivity contribution in [1.29, 1.82) is 0 Å². The predicted molar refractivity (Wildman–Crippen MR) is 94.3 cm³/mol. The number of aromatic hydroxyl groups is 4. The fourth-order valence-electron chi connectivity index (χ4n) is 4.18. The summed E-state index contributed by atoms with van der Waals surface area (Å²) >= 11 is 0. The first-order valence-corrected chi connectivity index (χ1v) is 8.83. The quantitative estimate of drug-likeness (QED) is 0.541. The summed E-state index contributed by atoms with van der Waals surface area (Å²) in [5.74, 6) is -0.197. The Bertz CT molecular complexity index is 750. The summed E-state index contributed by atoms with van der Waals surface area (Å²) in [6, 6.07) is 7.38. The lowest BCUT2D eigenvalue weighted by molar-refractivity contribution is 0.360. The van der Waals surface area contributed by atoms with E-state index >= 15 is 0 Å². The van der Waals surface area contributed by atoms with Crippen LogP contribution in [0, 0.1) is 0 Å². The minimum Gasteiger partial charge on any atom is -0.504 e. The number of benzene rings is 2. The van der Waals surface area contributed by atoms with Gasteiger partial charge in [-0.15, -0.1) is 0 Å². The molecule has 2 aliphatic rings. The Morgan fingerprint density at radius 3 is 1.36 bits per heavy atom. The zero-order chi connectivity index (χ0) is 17.6. The maximum atomic E-state index is 9.73. The highest BCUT2D eigenvalue weighted by atomic mass is 16.3. The van der Waals surface area contributed by atoms with Crippen molar-refractivity contribution in [3.8, 4) is 23.0 Å². The number of hydrogen-bond donors (Lipinski definition) is 5. The Morgan fingerprint density at radius 2 is 0.960 bits per heavy atom. The second kappa shape index (κ2) is 6.15. The first-order chi connectivity index (χ1) is 12.0. The molecule has 0 fully saturated rings. The molecule has 0 amide bonds. The lowest BCUT2D eigenvalue weighted by atomic mass is 9.84. The van der Waals surface area contributed by atoms with Gasteiger partial charge in [-0.05, 0) is 85.0 Å². The van der Waals surface area contributed by atoms with Crippen LogP contribution in [0.1, 0.15) is 35.1 Å². The van der Waals surface area contributed by atoms with E-state index in [1.807, 2.05) is 0 Å². The fourth-order valence-corrected chi connectivity index (χ4v) is 4.18. The third kappa shape index (κ3) is 3.12. The second-order valence-corrected chi connectivity index (χ2v) is 7.27. The lowest BCUT2D eigenvalue weighted by Crippen LogP contribution is -2.44. The SMILES string of the molecule is Oc1cc2c(cc1O)C[C@H](N[C@H]1CCc3cc(O)c(O)cc3C1)CC2. The Balaban J connectivity index is 1.45. The molecule has 2 aromatic carbocycles. The summed E-state index contributed by atoms with van der Waals surface area (Å²) < 4.78 is 0. The molecule has 0 aliphatic heterocycles. The van der Waals surface area contributed by atoms with Gasteiger partial charge in [0.05, 0.1) is 0 Å². The van der Waals surface area contributed by atoms with Crippen LogP contribution in [0.15, 0.2) is 24.3 Å². The van der Waals surface area contributed by atoms with Crippen LogP contribution < -0.4 is 5.32 Å². The van der Waals surface area contributed by atoms with Crippen LogP contribution in [-0.4, -0.2) is 32.5 Å². The lowest BCUT2D eigenvalue weighted by Gasteiger charge is -2.33. The van der Waals surface area contributed by atoms with E-state index < -0.39 is 0 Å². The molecule has 2 aromatic rings. The molecular formula is C20H23NO4. The molecule has 0 spiro atoms. The summed E-state index contributed by atoms with van der Waals surface area (Å²) in [5.41, 5.74) is 4.42. The molecule has 0 unspecified atom stereocenters. The van der Waals surface area contributed by atoms with Gasteiger partial charge in [0, 0.05) is 12.1 Å². The monoisotopic (exact) mass is 341 g/mol. The molecule has 2 aliphatic carbocycles. The van der Waals surface area contributed by atoms with Gasteiger partial charge in [0.1, 0.15) is 0 Å². The molecule has 0 bridgehead atoms. The minimum atomic E-state index is -0.0544. The largest absolute Gasteiger partial charge is 0.504 e. The highest BCUT2D eigenvalue weighted by molar-refractivity contribution is 5.48. The van der Waals surface area contributed by atoms with Gasteiger partial charge >= 0.3 is 0 Å². The van der Waals surface area contributed by atoms with Gasteiger partial charge in [0.15, 0.2) is 23.0 Å². The Labute approximate surface area is 146 Å². The molecule has 5 nitrogen and oxygen atoms in total. The number of aryl methyl sites for hydroxylation is 2. The number of rotatable bonds is 2. The van der Waals surface area contributed by atoms with E-state index in [1.54, 1.807) is 24.3 Å². The summed E-state index contributed by atoms with van der Waals surface area (Å²) in [4.78, 5) is 0. The van der Waals surface area contributed by atoms with Crippen LogP contribution in [0.25, 0.3) is 0 Å². The van der Waals surface area contributed by atoms with Crippen molar-refractivity contribution < 1.29 is 20.4 Å². The smallest absolute Gasteiger partial charge is 0.157 e.